The summed E-state index contributed by atoms with van der Waals surface area (Å²) < 4.78 is 0. The van der Waals surface area contributed by atoms with E-state index in [1.165, 1.54) is 16.8 Å². The molecule has 0 bridgehead atoms. The van der Waals surface area contributed by atoms with Gasteiger partial charge in [0.2, 0.25) is 29.5 Å². The third-order valence-corrected chi connectivity index (χ3v) is 8.77. The first-order valence-corrected chi connectivity index (χ1v) is 16.1. The van der Waals surface area contributed by atoms with Crippen LogP contribution in [0, 0.1) is 11.8 Å². The highest BCUT2D eigenvalue weighted by Crippen LogP contribution is 2.23. The molecule has 1 aromatic rings. The van der Waals surface area contributed by atoms with Gasteiger partial charge in [-0.15, -0.1) is 0 Å². The normalized spacial score (nSPS) is 24.0. The second-order valence-corrected chi connectivity index (χ2v) is 13.0. The fourth-order valence-corrected chi connectivity index (χ4v) is 5.85. The molecule has 3 rings (SSSR count). The van der Waals surface area contributed by atoms with Crippen molar-refractivity contribution in [3.63, 3.8) is 0 Å². The molecule has 2 heterocycles. The highest BCUT2D eigenvalue weighted by Gasteiger charge is 2.33. The standard InChI is InChI=1S/C33H52N6O5/c1-22(2)18-28-33(44)37(6)24(5)31(42)36-27(19-25-10-8-7-9-11-25)32(43)34-14-17-39(21-29(40)35-28)30(41)20-26-12-15-38(16-13-26)23(3)4/h7-11,22-24,26-28H,12-21H2,1-6H3,(H,34,43)(H,35,40)(H,36,42)/t24-,27-,28-/m0/s1. The van der Waals surface area contributed by atoms with Gasteiger partial charge in [-0.1, -0.05) is 44.2 Å². The van der Waals surface area contributed by atoms with E-state index in [2.05, 4.69) is 34.7 Å². The first kappa shape index (κ1) is 35.0. The number of carbonyl (C=O) groups is 5. The summed E-state index contributed by atoms with van der Waals surface area (Å²) in [6.45, 7) is 11.8. The highest BCUT2D eigenvalue weighted by atomic mass is 16.2. The average molecular weight is 613 g/mol. The summed E-state index contributed by atoms with van der Waals surface area (Å²) >= 11 is 0. The van der Waals surface area contributed by atoms with Crippen LogP contribution in [-0.4, -0.2) is 108 Å². The van der Waals surface area contributed by atoms with Crippen molar-refractivity contribution in [3.05, 3.63) is 35.9 Å². The smallest absolute Gasteiger partial charge is 0.245 e. The van der Waals surface area contributed by atoms with Crippen molar-refractivity contribution in [2.24, 2.45) is 11.8 Å². The van der Waals surface area contributed by atoms with Crippen LogP contribution in [-0.2, 0) is 30.4 Å². The lowest BCUT2D eigenvalue weighted by Gasteiger charge is -2.35. The van der Waals surface area contributed by atoms with Crippen LogP contribution in [0.15, 0.2) is 30.3 Å². The highest BCUT2D eigenvalue weighted by molar-refractivity contribution is 5.94. The van der Waals surface area contributed by atoms with Crippen LogP contribution >= 0.6 is 0 Å². The van der Waals surface area contributed by atoms with Crippen LogP contribution < -0.4 is 16.0 Å². The van der Waals surface area contributed by atoms with Gasteiger partial charge in [0.05, 0.1) is 6.54 Å². The van der Waals surface area contributed by atoms with Crippen molar-refractivity contribution in [1.82, 2.24) is 30.7 Å². The van der Waals surface area contributed by atoms with Crippen LogP contribution in [0.4, 0.5) is 0 Å². The fraction of sp³-hybridized carbons (Fsp3) is 0.667. The third kappa shape index (κ3) is 10.3. The van der Waals surface area contributed by atoms with Gasteiger partial charge in [0.15, 0.2) is 0 Å². The summed E-state index contributed by atoms with van der Waals surface area (Å²) in [5, 5.41) is 8.54. The minimum absolute atomic E-state index is 0.0929. The van der Waals surface area contributed by atoms with Gasteiger partial charge in [0.1, 0.15) is 18.1 Å². The summed E-state index contributed by atoms with van der Waals surface area (Å²) in [6.07, 6.45) is 2.79. The molecule has 2 saturated heterocycles. The predicted octanol–water partition coefficient (Wildman–Crippen LogP) is 1.56. The minimum atomic E-state index is -0.887. The molecule has 11 nitrogen and oxygen atoms in total. The summed E-state index contributed by atoms with van der Waals surface area (Å²) in [5.74, 6) is -1.54. The summed E-state index contributed by atoms with van der Waals surface area (Å²) in [6, 6.07) is 7.21. The van der Waals surface area contributed by atoms with Gasteiger partial charge in [-0.05, 0) is 70.5 Å². The van der Waals surface area contributed by atoms with Gasteiger partial charge in [-0.2, -0.15) is 0 Å². The van der Waals surface area contributed by atoms with Crippen molar-refractivity contribution in [2.45, 2.75) is 90.9 Å². The molecule has 0 aromatic heterocycles. The summed E-state index contributed by atoms with van der Waals surface area (Å²) in [4.78, 5) is 72.3. The van der Waals surface area contributed by atoms with E-state index in [1.807, 2.05) is 44.2 Å². The Kier molecular flexibility index (Phi) is 13.2. The molecule has 244 valence electrons. The number of benzene rings is 1. The molecule has 0 spiro atoms. The topological polar surface area (TPSA) is 131 Å². The maximum Gasteiger partial charge on any atom is 0.245 e. The molecule has 2 fully saturated rings. The van der Waals surface area contributed by atoms with Crippen molar-refractivity contribution < 1.29 is 24.0 Å². The maximum absolute atomic E-state index is 13.6. The van der Waals surface area contributed by atoms with Crippen LogP contribution in [0.25, 0.3) is 0 Å². The molecule has 2 aliphatic rings. The molecule has 0 saturated carbocycles. The number of hydrogen-bond donors (Lipinski definition) is 3. The quantitative estimate of drug-likeness (QED) is 0.429. The fourth-order valence-electron chi connectivity index (χ4n) is 5.85. The Balaban J connectivity index is 1.83. The number of nitrogens with one attached hydrogen (secondary N) is 3. The number of carbonyl (C=O) groups excluding carboxylic acids is 5. The molecule has 3 atom stereocenters. The predicted molar refractivity (Wildman–Crippen MR) is 169 cm³/mol. The zero-order valence-corrected chi connectivity index (χ0v) is 27.3. The number of likely N-dealkylation sites (tertiary alicyclic amines) is 1. The Labute approximate surface area is 262 Å². The Hall–Kier alpha value is -3.47. The first-order valence-electron chi connectivity index (χ1n) is 16.1. The molecule has 0 unspecified atom stereocenters. The monoisotopic (exact) mass is 612 g/mol. The van der Waals surface area contributed by atoms with Crippen molar-refractivity contribution in [2.75, 3.05) is 39.8 Å². The summed E-state index contributed by atoms with van der Waals surface area (Å²) in [7, 11) is 1.52. The molecule has 5 amide bonds. The molecule has 11 heteroatoms. The van der Waals surface area contributed by atoms with Crippen molar-refractivity contribution in [3.8, 4) is 0 Å². The molecule has 0 radical (unpaired) electrons. The van der Waals surface area contributed by atoms with Crippen molar-refractivity contribution in [1.29, 1.82) is 0 Å². The average Bonchev–Trinajstić information content (AvgIpc) is 2.98. The second-order valence-electron chi connectivity index (χ2n) is 13.0. The molecule has 0 aliphatic carbocycles. The molecule has 1 aromatic carbocycles. The van der Waals surface area contributed by atoms with E-state index in [1.54, 1.807) is 6.92 Å². The second kappa shape index (κ2) is 16.6. The van der Waals surface area contributed by atoms with E-state index in [9.17, 15) is 24.0 Å². The molecule has 44 heavy (non-hydrogen) atoms. The maximum atomic E-state index is 13.6. The molecule has 3 N–H and O–H groups in total. The lowest BCUT2D eigenvalue weighted by Crippen LogP contribution is -2.57. The van der Waals surface area contributed by atoms with E-state index in [4.69, 9.17) is 0 Å². The molecular weight excluding hydrogens is 560 g/mol. The Morgan fingerprint density at radius 1 is 0.909 bits per heavy atom. The van der Waals surface area contributed by atoms with Gasteiger partial charge >= 0.3 is 0 Å². The number of nitrogens with zero attached hydrogens (tertiary/aromatic N) is 3. The third-order valence-electron chi connectivity index (χ3n) is 8.77. The van der Waals surface area contributed by atoms with E-state index in [0.29, 0.717) is 18.9 Å². The lowest BCUT2D eigenvalue weighted by atomic mass is 9.92. The zero-order chi connectivity index (χ0) is 32.4. The first-order chi connectivity index (χ1) is 20.8. The SMILES string of the molecule is CC(C)C[C@@H]1NC(=O)CN(C(=O)CC2CCN(C(C)C)CC2)CCNC(=O)[C@H](Cc2ccccc2)NC(=O)[C@H](C)N(C)C1=O. The summed E-state index contributed by atoms with van der Waals surface area (Å²) in [5.41, 5.74) is 0.870. The minimum Gasteiger partial charge on any atom is -0.353 e. The van der Waals surface area contributed by atoms with Gasteiger partial charge in [-0.3, -0.25) is 24.0 Å². The van der Waals surface area contributed by atoms with E-state index >= 15 is 0 Å². The zero-order valence-electron chi connectivity index (χ0n) is 27.3. The molecule has 2 aliphatic heterocycles. The Bertz CT molecular complexity index is 1130. The number of amides is 5. The number of rotatable bonds is 7. The Morgan fingerprint density at radius 2 is 1.57 bits per heavy atom. The number of hydrogen-bond acceptors (Lipinski definition) is 6. The largest absolute Gasteiger partial charge is 0.353 e. The number of likely N-dealkylation sites (N-methyl/N-ethyl adjacent to an activating group) is 1. The molecular formula is C33H52N6O5. The van der Waals surface area contributed by atoms with E-state index in [0.717, 1.165) is 31.5 Å². The van der Waals surface area contributed by atoms with Crippen molar-refractivity contribution >= 4 is 29.5 Å². The van der Waals surface area contributed by atoms with Crippen LogP contribution in [0.1, 0.15) is 65.9 Å². The van der Waals surface area contributed by atoms with Crippen LogP contribution in [0.5, 0.6) is 0 Å². The van der Waals surface area contributed by atoms with Gasteiger partial charge < -0.3 is 30.7 Å². The van der Waals surface area contributed by atoms with Gasteiger partial charge in [0, 0.05) is 39.0 Å². The van der Waals surface area contributed by atoms with E-state index < -0.39 is 41.8 Å². The lowest BCUT2D eigenvalue weighted by molar-refractivity contribution is -0.143. The number of piperidine rings is 1. The van der Waals surface area contributed by atoms with Crippen LogP contribution in [0.3, 0.4) is 0 Å². The van der Waals surface area contributed by atoms with Gasteiger partial charge in [-0.25, -0.2) is 0 Å². The van der Waals surface area contributed by atoms with Crippen LogP contribution in [0.2, 0.25) is 0 Å². The Morgan fingerprint density at radius 3 is 2.18 bits per heavy atom. The van der Waals surface area contributed by atoms with E-state index in [-0.39, 0.29) is 43.8 Å². The van der Waals surface area contributed by atoms with Gasteiger partial charge in [0.25, 0.3) is 0 Å².